The summed E-state index contributed by atoms with van der Waals surface area (Å²) < 4.78 is 33.6. The third kappa shape index (κ3) is 4.91. The Bertz CT molecular complexity index is 614. The highest BCUT2D eigenvalue weighted by atomic mass is 32.2. The Kier molecular flexibility index (Phi) is 5.65. The predicted octanol–water partition coefficient (Wildman–Crippen LogP) is 1.01. The van der Waals surface area contributed by atoms with Crippen LogP contribution in [-0.2, 0) is 14.6 Å². The molecule has 1 aromatic rings. The van der Waals surface area contributed by atoms with Crippen molar-refractivity contribution in [1.29, 1.82) is 0 Å². The number of rotatable bonds is 7. The van der Waals surface area contributed by atoms with E-state index < -0.39 is 9.84 Å². The first-order chi connectivity index (χ1) is 10.5. The summed E-state index contributed by atoms with van der Waals surface area (Å²) in [6, 6.07) is 7.15. The summed E-state index contributed by atoms with van der Waals surface area (Å²) in [6.07, 6.45) is 0.608. The van der Waals surface area contributed by atoms with E-state index in [1.807, 2.05) is 13.0 Å². The van der Waals surface area contributed by atoms with Crippen LogP contribution in [0.2, 0.25) is 0 Å². The summed E-state index contributed by atoms with van der Waals surface area (Å²) in [5.41, 5.74) is 0. The van der Waals surface area contributed by atoms with Gasteiger partial charge in [-0.3, -0.25) is 4.79 Å². The Hall–Kier alpha value is -1.76. The van der Waals surface area contributed by atoms with Crippen LogP contribution >= 0.6 is 0 Å². The van der Waals surface area contributed by atoms with Gasteiger partial charge >= 0.3 is 0 Å². The minimum Gasteiger partial charge on any atom is -0.490 e. The fourth-order valence-electron chi connectivity index (χ4n) is 2.33. The molecule has 0 bridgehead atoms. The van der Waals surface area contributed by atoms with E-state index in [1.54, 1.807) is 18.2 Å². The molecule has 1 aliphatic heterocycles. The highest BCUT2D eigenvalue weighted by Gasteiger charge is 2.27. The van der Waals surface area contributed by atoms with Crippen LogP contribution in [0.25, 0.3) is 0 Å². The van der Waals surface area contributed by atoms with Gasteiger partial charge in [0.15, 0.2) is 27.9 Å². The molecule has 1 saturated heterocycles. The van der Waals surface area contributed by atoms with Gasteiger partial charge in [-0.05, 0) is 31.4 Å². The van der Waals surface area contributed by atoms with Crippen molar-refractivity contribution in [2.45, 2.75) is 13.3 Å². The van der Waals surface area contributed by atoms with Crippen LogP contribution in [-0.4, -0.2) is 45.6 Å². The zero-order valence-electron chi connectivity index (χ0n) is 12.6. The van der Waals surface area contributed by atoms with Gasteiger partial charge in [-0.2, -0.15) is 0 Å². The molecule has 0 aromatic heterocycles. The summed E-state index contributed by atoms with van der Waals surface area (Å²) >= 11 is 0. The van der Waals surface area contributed by atoms with E-state index >= 15 is 0 Å². The topological polar surface area (TPSA) is 81.7 Å². The summed E-state index contributed by atoms with van der Waals surface area (Å²) in [6.45, 7) is 2.64. The van der Waals surface area contributed by atoms with Gasteiger partial charge in [0.05, 0.1) is 18.1 Å². The predicted molar refractivity (Wildman–Crippen MR) is 82.9 cm³/mol. The number of benzene rings is 1. The molecule has 1 unspecified atom stereocenters. The fourth-order valence-corrected chi connectivity index (χ4v) is 4.19. The standard InChI is InChI=1S/C15H21NO5S/c1-2-20-13-5-3-4-6-14(13)21-10-15(17)16-9-12-7-8-22(18,19)11-12/h3-6,12H,2,7-11H2,1H3,(H,16,17). The van der Waals surface area contributed by atoms with Crippen molar-refractivity contribution in [3.8, 4) is 11.5 Å². The van der Waals surface area contributed by atoms with E-state index in [0.717, 1.165) is 0 Å². The molecule has 0 saturated carbocycles. The number of hydrogen-bond acceptors (Lipinski definition) is 5. The fraction of sp³-hybridized carbons (Fsp3) is 0.533. The normalized spacial score (nSPS) is 19.6. The van der Waals surface area contributed by atoms with Crippen LogP contribution in [0.3, 0.4) is 0 Å². The number of sulfone groups is 1. The van der Waals surface area contributed by atoms with E-state index in [1.165, 1.54) is 0 Å². The number of ether oxygens (including phenoxy) is 2. The second-order valence-corrected chi connectivity index (χ2v) is 7.47. The van der Waals surface area contributed by atoms with Crippen molar-refractivity contribution in [1.82, 2.24) is 5.32 Å². The number of hydrogen-bond donors (Lipinski definition) is 1. The molecule has 1 fully saturated rings. The average Bonchev–Trinajstić information content (AvgIpc) is 2.84. The van der Waals surface area contributed by atoms with E-state index in [9.17, 15) is 13.2 Å². The van der Waals surface area contributed by atoms with Gasteiger partial charge in [0, 0.05) is 6.54 Å². The molecule has 2 rings (SSSR count). The smallest absolute Gasteiger partial charge is 0.257 e. The third-order valence-corrected chi connectivity index (χ3v) is 5.26. The minimum absolute atomic E-state index is 0.00432. The van der Waals surface area contributed by atoms with Gasteiger partial charge in [0.1, 0.15) is 0 Å². The first-order valence-electron chi connectivity index (χ1n) is 7.32. The highest BCUT2D eigenvalue weighted by molar-refractivity contribution is 7.91. The molecule has 0 spiro atoms. The molecular formula is C15H21NO5S. The summed E-state index contributed by atoms with van der Waals surface area (Å²) in [5, 5.41) is 2.71. The second kappa shape index (κ2) is 7.49. The molecule has 0 radical (unpaired) electrons. The van der Waals surface area contributed by atoms with Crippen molar-refractivity contribution in [2.75, 3.05) is 31.3 Å². The monoisotopic (exact) mass is 327 g/mol. The van der Waals surface area contributed by atoms with E-state index in [0.29, 0.717) is 31.1 Å². The number of amides is 1. The van der Waals surface area contributed by atoms with Crippen molar-refractivity contribution >= 4 is 15.7 Å². The van der Waals surface area contributed by atoms with Crippen molar-refractivity contribution in [3.05, 3.63) is 24.3 Å². The molecule has 7 heteroatoms. The Morgan fingerprint density at radius 1 is 1.27 bits per heavy atom. The number of carbonyl (C=O) groups excluding carboxylic acids is 1. The number of para-hydroxylation sites is 2. The molecule has 6 nitrogen and oxygen atoms in total. The minimum atomic E-state index is -2.91. The maximum Gasteiger partial charge on any atom is 0.257 e. The lowest BCUT2D eigenvalue weighted by atomic mass is 10.1. The van der Waals surface area contributed by atoms with Crippen LogP contribution in [0.4, 0.5) is 0 Å². The molecular weight excluding hydrogens is 306 g/mol. The van der Waals surface area contributed by atoms with Gasteiger partial charge in [0.25, 0.3) is 5.91 Å². The van der Waals surface area contributed by atoms with Crippen LogP contribution in [0.15, 0.2) is 24.3 Å². The lowest BCUT2D eigenvalue weighted by Gasteiger charge is -2.12. The zero-order chi connectivity index (χ0) is 16.0. The van der Waals surface area contributed by atoms with Crippen LogP contribution in [0.1, 0.15) is 13.3 Å². The maximum absolute atomic E-state index is 11.8. The van der Waals surface area contributed by atoms with E-state index in [-0.39, 0.29) is 29.9 Å². The second-order valence-electron chi connectivity index (χ2n) is 5.24. The van der Waals surface area contributed by atoms with Crippen molar-refractivity contribution in [2.24, 2.45) is 5.92 Å². The Balaban J connectivity index is 1.76. The van der Waals surface area contributed by atoms with Crippen LogP contribution < -0.4 is 14.8 Å². The molecule has 0 aliphatic carbocycles. The molecule has 1 amide bonds. The summed E-state index contributed by atoms with van der Waals surface area (Å²) in [5.74, 6) is 1.22. The largest absolute Gasteiger partial charge is 0.490 e. The molecule has 1 atom stereocenters. The van der Waals surface area contributed by atoms with Crippen molar-refractivity contribution in [3.63, 3.8) is 0 Å². The van der Waals surface area contributed by atoms with E-state index in [4.69, 9.17) is 9.47 Å². The van der Waals surface area contributed by atoms with Crippen LogP contribution in [0.5, 0.6) is 11.5 Å². The van der Waals surface area contributed by atoms with Gasteiger partial charge in [-0.25, -0.2) is 8.42 Å². The Morgan fingerprint density at radius 2 is 1.95 bits per heavy atom. The summed E-state index contributed by atoms with van der Waals surface area (Å²) in [7, 11) is -2.91. The van der Waals surface area contributed by atoms with Gasteiger partial charge < -0.3 is 14.8 Å². The molecule has 1 N–H and O–H groups in total. The SMILES string of the molecule is CCOc1ccccc1OCC(=O)NCC1CCS(=O)(=O)C1. The Morgan fingerprint density at radius 3 is 2.55 bits per heavy atom. The molecule has 22 heavy (non-hydrogen) atoms. The molecule has 1 aromatic carbocycles. The third-order valence-electron chi connectivity index (χ3n) is 3.42. The first kappa shape index (κ1) is 16.6. The van der Waals surface area contributed by atoms with Gasteiger partial charge in [-0.15, -0.1) is 0 Å². The maximum atomic E-state index is 11.8. The Labute approximate surface area is 130 Å². The molecule has 122 valence electrons. The lowest BCUT2D eigenvalue weighted by molar-refractivity contribution is -0.123. The molecule has 1 heterocycles. The van der Waals surface area contributed by atoms with Gasteiger partial charge in [0.2, 0.25) is 0 Å². The van der Waals surface area contributed by atoms with Crippen molar-refractivity contribution < 1.29 is 22.7 Å². The highest BCUT2D eigenvalue weighted by Crippen LogP contribution is 2.26. The lowest BCUT2D eigenvalue weighted by Crippen LogP contribution is -2.33. The quantitative estimate of drug-likeness (QED) is 0.808. The molecule has 1 aliphatic rings. The van der Waals surface area contributed by atoms with Crippen LogP contribution in [0, 0.1) is 5.92 Å². The van der Waals surface area contributed by atoms with Gasteiger partial charge in [-0.1, -0.05) is 12.1 Å². The van der Waals surface area contributed by atoms with E-state index in [2.05, 4.69) is 5.32 Å². The first-order valence-corrected chi connectivity index (χ1v) is 9.14. The average molecular weight is 327 g/mol. The number of carbonyl (C=O) groups is 1. The number of nitrogens with one attached hydrogen (secondary N) is 1. The summed E-state index contributed by atoms with van der Waals surface area (Å²) in [4.78, 5) is 11.8. The zero-order valence-corrected chi connectivity index (χ0v) is 13.4.